The minimum atomic E-state index is 1.11. The summed E-state index contributed by atoms with van der Waals surface area (Å²) in [5.41, 5.74) is 7.96. The molecule has 3 aromatic rings. The van der Waals surface area contributed by atoms with Crippen LogP contribution in [0.15, 0.2) is 77.3 Å². The van der Waals surface area contributed by atoms with Gasteiger partial charge in [0.1, 0.15) is 0 Å². The highest BCUT2D eigenvalue weighted by atomic mass is 79.9. The van der Waals surface area contributed by atoms with Crippen molar-refractivity contribution in [3.8, 4) is 22.3 Å². The smallest absolute Gasteiger partial charge is 0.0175 e. The van der Waals surface area contributed by atoms with Gasteiger partial charge in [-0.1, -0.05) is 76.6 Å². The summed E-state index contributed by atoms with van der Waals surface area (Å²) >= 11 is 3.50. The minimum Gasteiger partial charge on any atom is -0.0836 e. The maximum atomic E-state index is 3.50. The van der Waals surface area contributed by atoms with E-state index in [0.29, 0.717) is 0 Å². The molecule has 3 aromatic carbocycles. The van der Waals surface area contributed by atoms with Crippen LogP contribution in [0.4, 0.5) is 0 Å². The summed E-state index contributed by atoms with van der Waals surface area (Å²) in [4.78, 5) is 0. The highest BCUT2D eigenvalue weighted by Crippen LogP contribution is 2.33. The van der Waals surface area contributed by atoms with Gasteiger partial charge < -0.3 is 0 Å². The van der Waals surface area contributed by atoms with Gasteiger partial charge in [-0.15, -0.1) is 0 Å². The number of hydrogen-bond donors (Lipinski definition) is 0. The van der Waals surface area contributed by atoms with Gasteiger partial charge in [-0.3, -0.25) is 0 Å². The van der Waals surface area contributed by atoms with Crippen LogP contribution in [0.3, 0.4) is 0 Å². The maximum Gasteiger partial charge on any atom is 0.0175 e. The van der Waals surface area contributed by atoms with Gasteiger partial charge in [0.15, 0.2) is 0 Å². The van der Waals surface area contributed by atoms with Gasteiger partial charge in [0.2, 0.25) is 0 Å². The van der Waals surface area contributed by atoms with Gasteiger partial charge in [-0.05, 0) is 64.4 Å². The van der Waals surface area contributed by atoms with Crippen molar-refractivity contribution in [2.75, 3.05) is 0 Å². The Hall–Kier alpha value is -2.12. The number of aryl methyl sites for hydroxylation is 1. The molecule has 1 heteroatoms. The number of hydrogen-bond acceptors (Lipinski definition) is 0. The van der Waals surface area contributed by atoms with Crippen molar-refractivity contribution in [3.05, 3.63) is 88.4 Å². The quantitative estimate of drug-likeness (QED) is 0.474. The molecule has 0 nitrogen and oxygen atoms in total. The van der Waals surface area contributed by atoms with Gasteiger partial charge in [-0.25, -0.2) is 0 Å². The lowest BCUT2D eigenvalue weighted by Gasteiger charge is -2.15. The van der Waals surface area contributed by atoms with Crippen molar-refractivity contribution in [2.45, 2.75) is 12.8 Å². The zero-order valence-corrected chi connectivity index (χ0v) is 14.4. The van der Waals surface area contributed by atoms with Crippen LogP contribution < -0.4 is 0 Å². The predicted molar refractivity (Wildman–Crippen MR) is 102 cm³/mol. The fourth-order valence-corrected chi connectivity index (χ4v) is 3.49. The summed E-state index contributed by atoms with van der Waals surface area (Å²) in [5.74, 6) is 0. The van der Waals surface area contributed by atoms with E-state index in [1.54, 1.807) is 0 Å². The molecule has 0 radical (unpaired) electrons. The van der Waals surface area contributed by atoms with Crippen LogP contribution in [-0.2, 0) is 6.42 Å². The molecule has 0 aromatic heterocycles. The average molecular weight is 361 g/mol. The molecule has 112 valence electrons. The monoisotopic (exact) mass is 360 g/mol. The molecule has 0 saturated carbocycles. The van der Waals surface area contributed by atoms with Crippen LogP contribution in [0.2, 0.25) is 0 Å². The Morgan fingerprint density at radius 2 is 1.52 bits per heavy atom. The first-order chi connectivity index (χ1) is 11.3. The standard InChI is InChI=1S/C22H17Br/c23-20-13-11-16(12-14-20)18-7-3-8-19(15-18)22-10-4-6-17-5-1-2-9-21(17)22/h2-4,6-15H,1,5H2. The number of rotatable bonds is 2. The molecular formula is C22H17Br. The summed E-state index contributed by atoms with van der Waals surface area (Å²) in [7, 11) is 0. The predicted octanol–water partition coefficient (Wildman–Crippen LogP) is 6.74. The normalized spacial score (nSPS) is 12.9. The van der Waals surface area contributed by atoms with Gasteiger partial charge in [0, 0.05) is 4.47 Å². The molecule has 0 bridgehead atoms. The topological polar surface area (TPSA) is 0 Å². The van der Waals surface area contributed by atoms with Crippen molar-refractivity contribution in [2.24, 2.45) is 0 Å². The third-order valence-electron chi connectivity index (χ3n) is 4.41. The van der Waals surface area contributed by atoms with Crippen LogP contribution in [0.1, 0.15) is 17.5 Å². The van der Waals surface area contributed by atoms with Crippen molar-refractivity contribution >= 4 is 22.0 Å². The molecule has 0 heterocycles. The average Bonchev–Trinajstić information content (AvgIpc) is 2.62. The first kappa shape index (κ1) is 14.5. The molecule has 0 fully saturated rings. The Bertz CT molecular complexity index is 873. The maximum absolute atomic E-state index is 3.50. The second-order valence-corrected chi connectivity index (χ2v) is 6.82. The zero-order chi connectivity index (χ0) is 15.6. The molecular weight excluding hydrogens is 344 g/mol. The summed E-state index contributed by atoms with van der Waals surface area (Å²) < 4.78 is 1.11. The van der Waals surface area contributed by atoms with Crippen LogP contribution >= 0.6 is 15.9 Å². The molecule has 0 unspecified atom stereocenters. The molecule has 23 heavy (non-hydrogen) atoms. The third kappa shape index (κ3) is 2.89. The van der Waals surface area contributed by atoms with E-state index in [1.807, 2.05) is 0 Å². The first-order valence-corrected chi connectivity index (χ1v) is 8.75. The molecule has 4 rings (SSSR count). The van der Waals surface area contributed by atoms with Crippen molar-refractivity contribution < 1.29 is 0 Å². The van der Waals surface area contributed by atoms with E-state index in [-0.39, 0.29) is 0 Å². The Balaban J connectivity index is 1.81. The number of fused-ring (bicyclic) bond motifs is 1. The molecule has 0 N–H and O–H groups in total. The van der Waals surface area contributed by atoms with E-state index in [4.69, 9.17) is 0 Å². The van der Waals surface area contributed by atoms with Crippen LogP contribution in [0.5, 0.6) is 0 Å². The number of allylic oxidation sites excluding steroid dienone is 1. The SMILES string of the molecule is Brc1ccc(-c2cccc(-c3cccc4c3C=CCC4)c2)cc1. The molecule has 0 amide bonds. The second-order valence-electron chi connectivity index (χ2n) is 5.91. The van der Waals surface area contributed by atoms with Crippen LogP contribution in [0.25, 0.3) is 28.3 Å². The zero-order valence-electron chi connectivity index (χ0n) is 12.8. The van der Waals surface area contributed by atoms with E-state index >= 15 is 0 Å². The first-order valence-electron chi connectivity index (χ1n) is 7.96. The lowest BCUT2D eigenvalue weighted by molar-refractivity contribution is 0.986. The summed E-state index contributed by atoms with van der Waals surface area (Å²) in [6.45, 7) is 0. The van der Waals surface area contributed by atoms with Crippen molar-refractivity contribution in [1.82, 2.24) is 0 Å². The van der Waals surface area contributed by atoms with Gasteiger partial charge in [-0.2, -0.15) is 0 Å². The third-order valence-corrected chi connectivity index (χ3v) is 4.94. The lowest BCUT2D eigenvalue weighted by atomic mass is 9.89. The fourth-order valence-electron chi connectivity index (χ4n) is 3.23. The molecule has 0 saturated heterocycles. The van der Waals surface area contributed by atoms with Crippen LogP contribution in [0, 0.1) is 0 Å². The van der Waals surface area contributed by atoms with E-state index in [2.05, 4.69) is 94.8 Å². The molecule has 0 spiro atoms. The van der Waals surface area contributed by atoms with E-state index in [9.17, 15) is 0 Å². The molecule has 1 aliphatic carbocycles. The van der Waals surface area contributed by atoms with E-state index in [1.165, 1.54) is 33.4 Å². The van der Waals surface area contributed by atoms with Crippen molar-refractivity contribution in [1.29, 1.82) is 0 Å². The second kappa shape index (κ2) is 6.17. The van der Waals surface area contributed by atoms with Gasteiger partial charge in [0.25, 0.3) is 0 Å². The van der Waals surface area contributed by atoms with E-state index in [0.717, 1.165) is 17.3 Å². The van der Waals surface area contributed by atoms with Crippen LogP contribution in [-0.4, -0.2) is 0 Å². The molecule has 1 aliphatic rings. The Kier molecular flexibility index (Phi) is 3.88. The summed E-state index contributed by atoms with van der Waals surface area (Å²) in [6.07, 6.45) is 6.85. The van der Waals surface area contributed by atoms with Gasteiger partial charge >= 0.3 is 0 Å². The van der Waals surface area contributed by atoms with Crippen molar-refractivity contribution in [3.63, 3.8) is 0 Å². The lowest BCUT2D eigenvalue weighted by Crippen LogP contribution is -1.96. The fraction of sp³-hybridized carbons (Fsp3) is 0.0909. The highest BCUT2D eigenvalue weighted by Gasteiger charge is 2.11. The summed E-state index contributed by atoms with van der Waals surface area (Å²) in [5, 5.41) is 0. The Morgan fingerprint density at radius 1 is 0.739 bits per heavy atom. The number of halogens is 1. The number of benzene rings is 3. The largest absolute Gasteiger partial charge is 0.0836 e. The Labute approximate surface area is 145 Å². The minimum absolute atomic E-state index is 1.11. The highest BCUT2D eigenvalue weighted by molar-refractivity contribution is 9.10. The Morgan fingerprint density at radius 3 is 2.39 bits per heavy atom. The summed E-state index contributed by atoms with van der Waals surface area (Å²) in [6, 6.07) is 24.0. The molecule has 0 aliphatic heterocycles. The molecule has 0 atom stereocenters. The van der Waals surface area contributed by atoms with E-state index < -0.39 is 0 Å². The van der Waals surface area contributed by atoms with Gasteiger partial charge in [0.05, 0.1) is 0 Å².